The van der Waals surface area contributed by atoms with E-state index in [0.29, 0.717) is 11.3 Å². The van der Waals surface area contributed by atoms with Crippen molar-refractivity contribution in [1.82, 2.24) is 4.98 Å². The molecule has 31 heavy (non-hydrogen) atoms. The monoisotopic (exact) mass is 411 g/mol. The molecule has 0 bridgehead atoms. The molecule has 1 amide bonds. The van der Waals surface area contributed by atoms with Gasteiger partial charge in [0.15, 0.2) is 5.82 Å². The largest absolute Gasteiger partial charge is 0.305 e. The van der Waals surface area contributed by atoms with Crippen molar-refractivity contribution in [3.63, 3.8) is 0 Å². The van der Waals surface area contributed by atoms with E-state index in [4.69, 9.17) is 0 Å². The third kappa shape index (κ3) is 4.02. The van der Waals surface area contributed by atoms with E-state index in [-0.39, 0.29) is 11.4 Å². The van der Waals surface area contributed by atoms with Gasteiger partial charge in [0.1, 0.15) is 28.8 Å². The van der Waals surface area contributed by atoms with Gasteiger partial charge in [-0.2, -0.15) is 5.26 Å². The molecule has 0 unspecified atom stereocenters. The van der Waals surface area contributed by atoms with E-state index in [2.05, 4.69) is 16.4 Å². The molecule has 1 heterocycles. The van der Waals surface area contributed by atoms with Crippen LogP contribution in [0.1, 0.15) is 15.9 Å². The summed E-state index contributed by atoms with van der Waals surface area (Å²) < 4.78 is 28.2. The maximum Gasteiger partial charge on any atom is 0.262 e. The van der Waals surface area contributed by atoms with Crippen LogP contribution in [0.4, 0.5) is 14.6 Å². The molecule has 0 saturated heterocycles. The fourth-order valence-corrected chi connectivity index (χ4v) is 3.24. The highest BCUT2D eigenvalue weighted by molar-refractivity contribution is 6.05. The number of rotatable bonds is 4. The lowest BCUT2D eigenvalue weighted by Crippen LogP contribution is -2.18. The Morgan fingerprint density at radius 1 is 0.839 bits per heavy atom. The van der Waals surface area contributed by atoms with Crippen molar-refractivity contribution in [3.05, 3.63) is 108 Å². The van der Waals surface area contributed by atoms with Crippen LogP contribution in [0.3, 0.4) is 0 Å². The number of halogens is 2. The summed E-state index contributed by atoms with van der Waals surface area (Å²) in [5.74, 6) is -3.10. The number of hydrogen-bond acceptors (Lipinski definition) is 3. The summed E-state index contributed by atoms with van der Waals surface area (Å²) in [7, 11) is 0. The number of carbonyl (C=O) groups excluding carboxylic acids is 1. The van der Waals surface area contributed by atoms with Crippen LogP contribution in [-0.2, 0) is 0 Å². The Morgan fingerprint density at radius 3 is 2.00 bits per heavy atom. The van der Waals surface area contributed by atoms with E-state index in [1.807, 2.05) is 60.7 Å². The first-order valence-electron chi connectivity index (χ1n) is 9.40. The van der Waals surface area contributed by atoms with Gasteiger partial charge < -0.3 is 5.32 Å². The fraction of sp³-hybridized carbons (Fsp3) is 0. The van der Waals surface area contributed by atoms with Crippen molar-refractivity contribution >= 4 is 11.7 Å². The number of aromatic nitrogens is 1. The van der Waals surface area contributed by atoms with Gasteiger partial charge in [-0.05, 0) is 23.8 Å². The number of amides is 1. The second-order valence-electron chi connectivity index (χ2n) is 6.67. The van der Waals surface area contributed by atoms with Crippen LogP contribution in [0.5, 0.6) is 0 Å². The first-order chi connectivity index (χ1) is 15.1. The molecule has 0 atom stereocenters. The zero-order valence-electron chi connectivity index (χ0n) is 16.1. The van der Waals surface area contributed by atoms with Gasteiger partial charge >= 0.3 is 0 Å². The number of hydrogen-bond donors (Lipinski definition) is 1. The summed E-state index contributed by atoms with van der Waals surface area (Å²) in [6, 6.07) is 25.3. The second-order valence-corrected chi connectivity index (χ2v) is 6.67. The van der Waals surface area contributed by atoms with Gasteiger partial charge in [0, 0.05) is 11.1 Å². The molecule has 4 nitrogen and oxygen atoms in total. The molecule has 6 heteroatoms. The molecule has 0 spiro atoms. The van der Waals surface area contributed by atoms with E-state index >= 15 is 0 Å². The summed E-state index contributed by atoms with van der Waals surface area (Å²) in [6.45, 7) is 0. The second kappa shape index (κ2) is 8.56. The number of anilines is 1. The summed E-state index contributed by atoms with van der Waals surface area (Å²) in [4.78, 5) is 17.1. The normalized spacial score (nSPS) is 10.4. The van der Waals surface area contributed by atoms with E-state index in [0.717, 1.165) is 23.3 Å². The molecule has 0 aliphatic rings. The van der Waals surface area contributed by atoms with Gasteiger partial charge in [0.05, 0.1) is 5.69 Å². The predicted octanol–water partition coefficient (Wildman–Crippen LogP) is 5.82. The molecule has 0 aliphatic heterocycles. The smallest absolute Gasteiger partial charge is 0.262 e. The quantitative estimate of drug-likeness (QED) is 0.460. The first-order valence-corrected chi connectivity index (χ1v) is 9.40. The van der Waals surface area contributed by atoms with Crippen molar-refractivity contribution < 1.29 is 13.6 Å². The number of nitriles is 1. The molecule has 0 saturated carbocycles. The Hall–Kier alpha value is -4.37. The summed E-state index contributed by atoms with van der Waals surface area (Å²) in [5.41, 5.74) is 1.91. The number of nitrogens with one attached hydrogen (secondary N) is 1. The van der Waals surface area contributed by atoms with Crippen LogP contribution in [-0.4, -0.2) is 10.9 Å². The topological polar surface area (TPSA) is 65.8 Å². The van der Waals surface area contributed by atoms with Crippen molar-refractivity contribution in [2.24, 2.45) is 0 Å². The minimum Gasteiger partial charge on any atom is -0.305 e. The van der Waals surface area contributed by atoms with Crippen molar-refractivity contribution in [1.29, 1.82) is 5.26 Å². The zero-order chi connectivity index (χ0) is 21.8. The van der Waals surface area contributed by atoms with E-state index < -0.39 is 23.1 Å². The van der Waals surface area contributed by atoms with Crippen LogP contribution < -0.4 is 5.32 Å². The Balaban J connectivity index is 1.88. The molecule has 150 valence electrons. The lowest BCUT2D eigenvalue weighted by molar-refractivity contribution is 0.101. The van der Waals surface area contributed by atoms with Crippen LogP contribution >= 0.6 is 0 Å². The molecule has 0 aliphatic carbocycles. The Morgan fingerprint density at radius 2 is 1.42 bits per heavy atom. The zero-order valence-corrected chi connectivity index (χ0v) is 16.1. The number of carbonyl (C=O) groups is 1. The average Bonchev–Trinajstić information content (AvgIpc) is 2.79. The third-order valence-corrected chi connectivity index (χ3v) is 4.71. The first kappa shape index (κ1) is 19.9. The Bertz CT molecular complexity index is 1280. The summed E-state index contributed by atoms with van der Waals surface area (Å²) in [6.07, 6.45) is 0. The molecule has 1 aromatic heterocycles. The van der Waals surface area contributed by atoms with E-state index in [1.165, 1.54) is 6.07 Å². The molecule has 0 fully saturated rings. The lowest BCUT2D eigenvalue weighted by Gasteiger charge is -2.14. The molecule has 1 N–H and O–H groups in total. The fourth-order valence-electron chi connectivity index (χ4n) is 3.24. The lowest BCUT2D eigenvalue weighted by atomic mass is 9.98. The minimum atomic E-state index is -1.02. The minimum absolute atomic E-state index is 0.0737. The predicted molar refractivity (Wildman–Crippen MR) is 114 cm³/mol. The van der Waals surface area contributed by atoms with Gasteiger partial charge in [-0.1, -0.05) is 66.7 Å². The highest BCUT2D eigenvalue weighted by atomic mass is 19.1. The van der Waals surface area contributed by atoms with E-state index in [9.17, 15) is 18.8 Å². The number of pyridine rings is 1. The van der Waals surface area contributed by atoms with Gasteiger partial charge in [0.25, 0.3) is 5.91 Å². The SMILES string of the molecule is N#Cc1c(-c2ccccc2)cc(-c2ccccc2)nc1NC(=O)c1c(F)cccc1F. The molecule has 4 rings (SSSR count). The van der Waals surface area contributed by atoms with Crippen molar-refractivity contribution in [2.75, 3.05) is 5.32 Å². The van der Waals surface area contributed by atoms with Gasteiger partial charge in [0.2, 0.25) is 0 Å². The highest BCUT2D eigenvalue weighted by Gasteiger charge is 2.21. The number of nitrogens with zero attached hydrogens (tertiary/aromatic N) is 2. The van der Waals surface area contributed by atoms with Crippen molar-refractivity contribution in [2.45, 2.75) is 0 Å². The van der Waals surface area contributed by atoms with E-state index in [1.54, 1.807) is 6.07 Å². The molecular formula is C25H15F2N3O. The Labute approximate surface area is 177 Å². The van der Waals surface area contributed by atoms with Gasteiger partial charge in [-0.15, -0.1) is 0 Å². The molecule has 4 aromatic rings. The third-order valence-electron chi connectivity index (χ3n) is 4.71. The molecular weight excluding hydrogens is 396 g/mol. The average molecular weight is 411 g/mol. The van der Waals surface area contributed by atoms with Gasteiger partial charge in [-0.25, -0.2) is 13.8 Å². The van der Waals surface area contributed by atoms with Crippen LogP contribution in [0.2, 0.25) is 0 Å². The van der Waals surface area contributed by atoms with Crippen molar-refractivity contribution in [3.8, 4) is 28.5 Å². The maximum absolute atomic E-state index is 14.1. The van der Waals surface area contributed by atoms with Crippen LogP contribution in [0, 0.1) is 23.0 Å². The summed E-state index contributed by atoms with van der Waals surface area (Å²) in [5, 5.41) is 12.3. The highest BCUT2D eigenvalue weighted by Crippen LogP contribution is 2.32. The summed E-state index contributed by atoms with van der Waals surface area (Å²) >= 11 is 0. The molecule has 3 aromatic carbocycles. The van der Waals surface area contributed by atoms with Crippen LogP contribution in [0.25, 0.3) is 22.4 Å². The maximum atomic E-state index is 14.1. The van der Waals surface area contributed by atoms with Gasteiger partial charge in [-0.3, -0.25) is 4.79 Å². The standard InChI is InChI=1S/C25H15F2N3O/c26-20-12-7-13-21(27)23(20)25(31)30-24-19(15-28)18(16-8-3-1-4-9-16)14-22(29-24)17-10-5-2-6-11-17/h1-14H,(H,29,30,31). The Kier molecular flexibility index (Phi) is 5.50. The number of benzene rings is 3. The molecule has 0 radical (unpaired) electrons. The van der Waals surface area contributed by atoms with Crippen LogP contribution in [0.15, 0.2) is 84.9 Å².